The van der Waals surface area contributed by atoms with Crippen molar-refractivity contribution >= 4 is 18.0 Å². The fourth-order valence-electron chi connectivity index (χ4n) is 4.91. The zero-order valence-electron chi connectivity index (χ0n) is 20.3. The minimum atomic E-state index is -1.06. The number of carboxylic acid groups (broad SMARTS) is 1. The SMILES string of the molecule is CC(C)(C)[C@@H](NC(=O)[C@@H]1CC=C[C@@H](NC(=O)OCC2c3ccccc3-c3ccccc32)C1)C(=O)O. The molecule has 2 aromatic carbocycles. The van der Waals surface area contributed by atoms with Crippen molar-refractivity contribution in [1.82, 2.24) is 10.6 Å². The number of benzene rings is 2. The molecule has 0 aromatic heterocycles. The summed E-state index contributed by atoms with van der Waals surface area (Å²) in [6, 6.07) is 14.9. The monoisotopic (exact) mass is 476 g/mol. The second-order valence-corrected chi connectivity index (χ2v) is 10.3. The predicted octanol–water partition coefficient (Wildman–Crippen LogP) is 4.48. The van der Waals surface area contributed by atoms with Gasteiger partial charge in [-0.15, -0.1) is 0 Å². The van der Waals surface area contributed by atoms with Gasteiger partial charge in [-0.05, 0) is 40.5 Å². The number of carboxylic acids is 1. The third-order valence-corrected chi connectivity index (χ3v) is 6.74. The van der Waals surface area contributed by atoms with E-state index in [1.165, 1.54) is 0 Å². The van der Waals surface area contributed by atoms with Gasteiger partial charge in [-0.3, -0.25) is 4.79 Å². The van der Waals surface area contributed by atoms with Crippen LogP contribution in [0, 0.1) is 11.3 Å². The lowest BCUT2D eigenvalue weighted by Gasteiger charge is -2.31. The van der Waals surface area contributed by atoms with Gasteiger partial charge in [0.15, 0.2) is 0 Å². The molecule has 0 radical (unpaired) electrons. The number of ether oxygens (including phenoxy) is 1. The standard InChI is InChI=1S/C28H32N2O5/c1-28(2,3)24(26(32)33)30-25(31)17-9-8-10-18(15-17)29-27(34)35-16-23-21-13-6-4-11-19(21)20-12-5-7-14-22(20)23/h4-8,10-14,17-18,23-24H,9,15-16H2,1-3H3,(H,29,34)(H,30,31)(H,32,33)/t17-,18-,24+/m1/s1. The van der Waals surface area contributed by atoms with Crippen LogP contribution in [0.3, 0.4) is 0 Å². The number of amides is 2. The molecule has 0 heterocycles. The number of rotatable bonds is 6. The first-order valence-electron chi connectivity index (χ1n) is 12.0. The first kappa shape index (κ1) is 24.5. The normalized spacial score (nSPS) is 19.9. The molecule has 3 atom stereocenters. The number of fused-ring (bicyclic) bond motifs is 3. The van der Waals surface area contributed by atoms with Crippen molar-refractivity contribution in [2.24, 2.45) is 11.3 Å². The van der Waals surface area contributed by atoms with E-state index in [0.29, 0.717) is 12.8 Å². The number of allylic oxidation sites excluding steroid dienone is 1. The van der Waals surface area contributed by atoms with Gasteiger partial charge in [0.1, 0.15) is 12.6 Å². The maximum absolute atomic E-state index is 12.8. The first-order chi connectivity index (χ1) is 16.6. The van der Waals surface area contributed by atoms with E-state index in [0.717, 1.165) is 22.3 Å². The molecule has 0 bridgehead atoms. The van der Waals surface area contributed by atoms with Crippen molar-refractivity contribution in [3.8, 4) is 11.1 Å². The largest absolute Gasteiger partial charge is 0.480 e. The first-order valence-corrected chi connectivity index (χ1v) is 12.0. The molecule has 2 aliphatic rings. The predicted molar refractivity (Wildman–Crippen MR) is 133 cm³/mol. The summed E-state index contributed by atoms with van der Waals surface area (Å²) in [5.74, 6) is -1.84. The van der Waals surface area contributed by atoms with Gasteiger partial charge in [-0.25, -0.2) is 9.59 Å². The van der Waals surface area contributed by atoms with E-state index in [4.69, 9.17) is 4.74 Å². The zero-order chi connectivity index (χ0) is 25.2. The van der Waals surface area contributed by atoms with Crippen LogP contribution in [0.4, 0.5) is 4.79 Å². The fourth-order valence-corrected chi connectivity index (χ4v) is 4.91. The van der Waals surface area contributed by atoms with Gasteiger partial charge in [-0.1, -0.05) is 81.5 Å². The Balaban J connectivity index is 1.34. The third-order valence-electron chi connectivity index (χ3n) is 6.74. The lowest BCUT2D eigenvalue weighted by atomic mass is 9.85. The molecule has 2 aliphatic carbocycles. The Morgan fingerprint density at radius 1 is 1.03 bits per heavy atom. The Morgan fingerprint density at radius 3 is 2.20 bits per heavy atom. The summed E-state index contributed by atoms with van der Waals surface area (Å²) in [6.07, 6.45) is 4.02. The summed E-state index contributed by atoms with van der Waals surface area (Å²) < 4.78 is 5.62. The number of carbonyl (C=O) groups excluding carboxylic acids is 2. The van der Waals surface area contributed by atoms with E-state index in [2.05, 4.69) is 34.9 Å². The molecule has 0 spiro atoms. The van der Waals surface area contributed by atoms with Crippen molar-refractivity contribution in [1.29, 1.82) is 0 Å². The highest BCUT2D eigenvalue weighted by atomic mass is 16.5. The average molecular weight is 477 g/mol. The zero-order valence-corrected chi connectivity index (χ0v) is 20.3. The van der Waals surface area contributed by atoms with Crippen molar-refractivity contribution in [3.05, 3.63) is 71.8 Å². The highest BCUT2D eigenvalue weighted by Gasteiger charge is 2.35. The van der Waals surface area contributed by atoms with Crippen LogP contribution in [0.25, 0.3) is 11.1 Å². The Bertz CT molecular complexity index is 1100. The minimum Gasteiger partial charge on any atom is -0.480 e. The van der Waals surface area contributed by atoms with E-state index in [-0.39, 0.29) is 24.5 Å². The van der Waals surface area contributed by atoms with Gasteiger partial charge >= 0.3 is 12.1 Å². The number of aliphatic carboxylic acids is 1. The topological polar surface area (TPSA) is 105 Å². The second-order valence-electron chi connectivity index (χ2n) is 10.3. The number of alkyl carbamates (subject to hydrolysis) is 1. The summed E-state index contributed by atoms with van der Waals surface area (Å²) in [4.78, 5) is 37.0. The third kappa shape index (κ3) is 5.39. The molecular formula is C28H32N2O5. The average Bonchev–Trinajstić information content (AvgIpc) is 3.14. The molecule has 3 N–H and O–H groups in total. The smallest absolute Gasteiger partial charge is 0.407 e. The Kier molecular flexibility index (Phi) is 6.96. The highest BCUT2D eigenvalue weighted by molar-refractivity contribution is 5.86. The molecular weight excluding hydrogens is 444 g/mol. The number of hydrogen-bond donors (Lipinski definition) is 3. The lowest BCUT2D eigenvalue weighted by molar-refractivity contribution is -0.145. The lowest BCUT2D eigenvalue weighted by Crippen LogP contribution is -2.51. The van der Waals surface area contributed by atoms with Crippen LogP contribution in [0.1, 0.15) is 50.7 Å². The Labute approximate surface area is 205 Å². The van der Waals surface area contributed by atoms with E-state index in [1.54, 1.807) is 20.8 Å². The van der Waals surface area contributed by atoms with E-state index in [1.807, 2.05) is 36.4 Å². The summed E-state index contributed by atoms with van der Waals surface area (Å²) in [6.45, 7) is 5.53. The molecule has 35 heavy (non-hydrogen) atoms. The maximum Gasteiger partial charge on any atom is 0.407 e. The van der Waals surface area contributed by atoms with Gasteiger partial charge < -0.3 is 20.5 Å². The van der Waals surface area contributed by atoms with Gasteiger partial charge in [0.25, 0.3) is 0 Å². The van der Waals surface area contributed by atoms with Crippen molar-refractivity contribution in [2.75, 3.05) is 6.61 Å². The molecule has 0 aliphatic heterocycles. The molecule has 0 saturated heterocycles. The molecule has 2 amide bonds. The molecule has 0 saturated carbocycles. The maximum atomic E-state index is 12.8. The molecule has 184 valence electrons. The molecule has 0 fully saturated rings. The fraction of sp³-hybridized carbons (Fsp3) is 0.393. The van der Waals surface area contributed by atoms with Crippen LogP contribution in [0.5, 0.6) is 0 Å². The molecule has 7 heteroatoms. The van der Waals surface area contributed by atoms with Gasteiger partial charge in [0.2, 0.25) is 5.91 Å². The Hall–Kier alpha value is -3.61. The number of nitrogens with one attached hydrogen (secondary N) is 2. The summed E-state index contributed by atoms with van der Waals surface area (Å²) >= 11 is 0. The second kappa shape index (κ2) is 9.94. The highest BCUT2D eigenvalue weighted by Crippen LogP contribution is 2.44. The minimum absolute atomic E-state index is 0.0288. The molecule has 4 rings (SSSR count). The van der Waals surface area contributed by atoms with Crippen molar-refractivity contribution in [3.63, 3.8) is 0 Å². The van der Waals surface area contributed by atoms with Crippen molar-refractivity contribution < 1.29 is 24.2 Å². The quantitative estimate of drug-likeness (QED) is 0.534. The van der Waals surface area contributed by atoms with E-state index >= 15 is 0 Å². The van der Waals surface area contributed by atoms with E-state index < -0.39 is 29.4 Å². The summed E-state index contributed by atoms with van der Waals surface area (Å²) in [5.41, 5.74) is 3.99. The van der Waals surface area contributed by atoms with Gasteiger partial charge in [0, 0.05) is 11.8 Å². The molecule has 7 nitrogen and oxygen atoms in total. The number of hydrogen-bond acceptors (Lipinski definition) is 4. The van der Waals surface area contributed by atoms with Crippen LogP contribution >= 0.6 is 0 Å². The van der Waals surface area contributed by atoms with Crippen LogP contribution < -0.4 is 10.6 Å². The molecule has 0 unspecified atom stereocenters. The van der Waals surface area contributed by atoms with Gasteiger partial charge in [-0.2, -0.15) is 0 Å². The van der Waals surface area contributed by atoms with Crippen LogP contribution in [0.15, 0.2) is 60.7 Å². The van der Waals surface area contributed by atoms with E-state index in [9.17, 15) is 19.5 Å². The van der Waals surface area contributed by atoms with Crippen molar-refractivity contribution in [2.45, 2.75) is 51.6 Å². The van der Waals surface area contributed by atoms with Crippen LogP contribution in [-0.2, 0) is 14.3 Å². The van der Waals surface area contributed by atoms with Crippen LogP contribution in [0.2, 0.25) is 0 Å². The van der Waals surface area contributed by atoms with Crippen LogP contribution in [-0.4, -0.2) is 41.8 Å². The summed E-state index contributed by atoms with van der Waals surface area (Å²) in [5, 5.41) is 15.0. The Morgan fingerprint density at radius 2 is 1.63 bits per heavy atom. The summed E-state index contributed by atoms with van der Waals surface area (Å²) in [7, 11) is 0. The van der Waals surface area contributed by atoms with Gasteiger partial charge in [0.05, 0.1) is 6.04 Å². The molecule has 2 aromatic rings. The number of carbonyl (C=O) groups is 3.